The van der Waals surface area contributed by atoms with Gasteiger partial charge in [0.05, 0.1) is 6.04 Å². The molecule has 0 spiro atoms. The molecule has 1 aromatic carbocycles. The van der Waals surface area contributed by atoms with Crippen molar-refractivity contribution in [3.05, 3.63) is 23.8 Å². The van der Waals surface area contributed by atoms with Crippen LogP contribution in [0.15, 0.2) is 18.2 Å². The van der Waals surface area contributed by atoms with Crippen molar-refractivity contribution in [2.75, 3.05) is 26.3 Å². The van der Waals surface area contributed by atoms with Crippen LogP contribution in [0.1, 0.15) is 38.3 Å². The van der Waals surface area contributed by atoms with Crippen molar-refractivity contribution < 1.29 is 14.3 Å². The predicted molar refractivity (Wildman–Crippen MR) is 84.3 cm³/mol. The first kappa shape index (κ1) is 15.0. The summed E-state index contributed by atoms with van der Waals surface area (Å²) < 4.78 is 11.1. The Morgan fingerprint density at radius 3 is 2.64 bits per heavy atom. The zero-order valence-electron chi connectivity index (χ0n) is 13.3. The van der Waals surface area contributed by atoms with E-state index in [1.165, 1.54) is 0 Å². The lowest BCUT2D eigenvalue weighted by Crippen LogP contribution is -2.44. The van der Waals surface area contributed by atoms with E-state index in [1.54, 1.807) is 0 Å². The standard InChI is InChI=1S/C17H24N2O3/c1-12-5-7-19(8-6-12)17(20)18-13(2)14-3-4-15-16(11-14)22-10-9-21-15/h3-4,11-13H,5-10H2,1-2H3,(H,18,20). The van der Waals surface area contributed by atoms with Crippen molar-refractivity contribution in [1.82, 2.24) is 10.2 Å². The number of rotatable bonds is 2. The van der Waals surface area contributed by atoms with Crippen LogP contribution in [0.3, 0.4) is 0 Å². The Morgan fingerprint density at radius 2 is 1.91 bits per heavy atom. The fourth-order valence-corrected chi connectivity index (χ4v) is 2.90. The van der Waals surface area contributed by atoms with Gasteiger partial charge in [0.2, 0.25) is 0 Å². The number of urea groups is 1. The number of nitrogens with one attached hydrogen (secondary N) is 1. The maximum Gasteiger partial charge on any atom is 0.317 e. The van der Waals surface area contributed by atoms with E-state index < -0.39 is 0 Å². The SMILES string of the molecule is CC1CCN(C(=O)NC(C)c2ccc3c(c2)OCCO3)CC1. The summed E-state index contributed by atoms with van der Waals surface area (Å²) >= 11 is 0. The molecule has 22 heavy (non-hydrogen) atoms. The average Bonchev–Trinajstić information content (AvgIpc) is 2.55. The third-order valence-electron chi connectivity index (χ3n) is 4.48. The molecular formula is C17H24N2O3. The molecule has 0 aliphatic carbocycles. The van der Waals surface area contributed by atoms with Crippen LogP contribution in [0.5, 0.6) is 11.5 Å². The smallest absolute Gasteiger partial charge is 0.317 e. The van der Waals surface area contributed by atoms with Crippen LogP contribution in [0.25, 0.3) is 0 Å². The molecule has 2 aliphatic rings. The number of ether oxygens (including phenoxy) is 2. The van der Waals surface area contributed by atoms with Crippen molar-refractivity contribution in [3.63, 3.8) is 0 Å². The predicted octanol–water partition coefficient (Wildman–Crippen LogP) is 2.96. The van der Waals surface area contributed by atoms with Crippen molar-refractivity contribution in [2.45, 2.75) is 32.7 Å². The van der Waals surface area contributed by atoms with Crippen LogP contribution in [0.4, 0.5) is 4.79 Å². The highest BCUT2D eigenvalue weighted by molar-refractivity contribution is 5.74. The first-order valence-electron chi connectivity index (χ1n) is 8.08. The highest BCUT2D eigenvalue weighted by Gasteiger charge is 2.22. The number of benzene rings is 1. The normalized spacial score (nSPS) is 19.6. The lowest BCUT2D eigenvalue weighted by atomic mass is 9.99. The Bertz CT molecular complexity index is 539. The van der Waals surface area contributed by atoms with Crippen molar-refractivity contribution >= 4 is 6.03 Å². The number of nitrogens with zero attached hydrogens (tertiary/aromatic N) is 1. The molecule has 0 aromatic heterocycles. The molecule has 0 bridgehead atoms. The lowest BCUT2D eigenvalue weighted by molar-refractivity contribution is 0.169. The first-order chi connectivity index (χ1) is 10.6. The average molecular weight is 304 g/mol. The number of carbonyl (C=O) groups is 1. The molecule has 2 heterocycles. The zero-order valence-corrected chi connectivity index (χ0v) is 13.3. The Labute approximate surface area is 131 Å². The fraction of sp³-hybridized carbons (Fsp3) is 0.588. The number of hydrogen-bond acceptors (Lipinski definition) is 3. The van der Waals surface area contributed by atoms with Crippen LogP contribution in [-0.2, 0) is 0 Å². The van der Waals surface area contributed by atoms with Crippen LogP contribution >= 0.6 is 0 Å². The molecule has 1 fully saturated rings. The topological polar surface area (TPSA) is 50.8 Å². The molecule has 1 saturated heterocycles. The minimum atomic E-state index is -0.0531. The van der Waals surface area contributed by atoms with Gasteiger partial charge >= 0.3 is 6.03 Å². The number of carbonyl (C=O) groups excluding carboxylic acids is 1. The van der Waals surface area contributed by atoms with E-state index in [4.69, 9.17) is 9.47 Å². The maximum absolute atomic E-state index is 12.3. The lowest BCUT2D eigenvalue weighted by Gasteiger charge is -2.31. The van der Waals surface area contributed by atoms with Gasteiger partial charge in [-0.2, -0.15) is 0 Å². The summed E-state index contributed by atoms with van der Waals surface area (Å²) in [5.74, 6) is 2.26. The zero-order chi connectivity index (χ0) is 15.5. The maximum atomic E-state index is 12.3. The third kappa shape index (κ3) is 3.29. The van der Waals surface area contributed by atoms with Gasteiger partial charge in [-0.25, -0.2) is 4.79 Å². The Kier molecular flexibility index (Phi) is 4.41. The Balaban J connectivity index is 1.61. The summed E-state index contributed by atoms with van der Waals surface area (Å²) in [6.45, 7) is 7.10. The summed E-state index contributed by atoms with van der Waals surface area (Å²) in [4.78, 5) is 14.2. The Hall–Kier alpha value is -1.91. The molecule has 1 unspecified atom stereocenters. The van der Waals surface area contributed by atoms with Crippen LogP contribution in [0, 0.1) is 5.92 Å². The summed E-state index contributed by atoms with van der Waals surface area (Å²) in [6, 6.07) is 5.82. The van der Waals surface area contributed by atoms with Crippen LogP contribution in [0.2, 0.25) is 0 Å². The quantitative estimate of drug-likeness (QED) is 0.914. The number of likely N-dealkylation sites (tertiary alicyclic amines) is 1. The fourth-order valence-electron chi connectivity index (χ4n) is 2.90. The molecule has 1 atom stereocenters. The monoisotopic (exact) mass is 304 g/mol. The second-order valence-corrected chi connectivity index (χ2v) is 6.24. The van der Waals surface area contributed by atoms with E-state index in [1.807, 2.05) is 30.0 Å². The van der Waals surface area contributed by atoms with Crippen LogP contribution < -0.4 is 14.8 Å². The van der Waals surface area contributed by atoms with E-state index in [0.717, 1.165) is 48.9 Å². The first-order valence-corrected chi connectivity index (χ1v) is 8.08. The molecule has 3 rings (SSSR count). The molecular weight excluding hydrogens is 280 g/mol. The minimum absolute atomic E-state index is 0.0225. The molecule has 1 N–H and O–H groups in total. The molecule has 0 saturated carbocycles. The second kappa shape index (κ2) is 6.46. The van der Waals surface area contributed by atoms with Crippen molar-refractivity contribution in [3.8, 4) is 11.5 Å². The third-order valence-corrected chi connectivity index (χ3v) is 4.48. The summed E-state index contributed by atoms with van der Waals surface area (Å²) in [5, 5.41) is 3.08. The van der Waals surface area contributed by atoms with Gasteiger partial charge in [-0.3, -0.25) is 0 Å². The van der Waals surface area contributed by atoms with Crippen LogP contribution in [-0.4, -0.2) is 37.2 Å². The molecule has 2 amide bonds. The number of piperidine rings is 1. The van der Waals surface area contributed by atoms with Gasteiger partial charge in [0.25, 0.3) is 0 Å². The van der Waals surface area contributed by atoms with Crippen molar-refractivity contribution in [2.24, 2.45) is 5.92 Å². The highest BCUT2D eigenvalue weighted by atomic mass is 16.6. The number of hydrogen-bond donors (Lipinski definition) is 1. The van der Waals surface area contributed by atoms with Gasteiger partial charge in [-0.1, -0.05) is 13.0 Å². The van der Waals surface area contributed by atoms with E-state index in [0.29, 0.717) is 13.2 Å². The minimum Gasteiger partial charge on any atom is -0.486 e. The van der Waals surface area contributed by atoms with Gasteiger partial charge < -0.3 is 19.7 Å². The molecule has 0 radical (unpaired) electrons. The molecule has 5 heteroatoms. The molecule has 5 nitrogen and oxygen atoms in total. The largest absolute Gasteiger partial charge is 0.486 e. The molecule has 1 aromatic rings. The van der Waals surface area contributed by atoms with Gasteiger partial charge in [-0.05, 0) is 43.4 Å². The van der Waals surface area contributed by atoms with Gasteiger partial charge in [0.15, 0.2) is 11.5 Å². The van der Waals surface area contributed by atoms with E-state index in [2.05, 4.69) is 12.2 Å². The molecule has 120 valence electrons. The van der Waals surface area contributed by atoms with Gasteiger partial charge in [0, 0.05) is 13.1 Å². The number of amides is 2. The van der Waals surface area contributed by atoms with Gasteiger partial charge in [-0.15, -0.1) is 0 Å². The van der Waals surface area contributed by atoms with Crippen molar-refractivity contribution in [1.29, 1.82) is 0 Å². The second-order valence-electron chi connectivity index (χ2n) is 6.24. The highest BCUT2D eigenvalue weighted by Crippen LogP contribution is 2.32. The number of fused-ring (bicyclic) bond motifs is 1. The molecule has 2 aliphatic heterocycles. The van der Waals surface area contributed by atoms with E-state index in [-0.39, 0.29) is 12.1 Å². The van der Waals surface area contributed by atoms with Gasteiger partial charge in [0.1, 0.15) is 13.2 Å². The summed E-state index contributed by atoms with van der Waals surface area (Å²) in [6.07, 6.45) is 2.18. The van der Waals surface area contributed by atoms with E-state index in [9.17, 15) is 4.79 Å². The van der Waals surface area contributed by atoms with E-state index >= 15 is 0 Å². The summed E-state index contributed by atoms with van der Waals surface area (Å²) in [5.41, 5.74) is 1.03. The Morgan fingerprint density at radius 1 is 1.23 bits per heavy atom. The summed E-state index contributed by atoms with van der Waals surface area (Å²) in [7, 11) is 0.